The van der Waals surface area contributed by atoms with Gasteiger partial charge in [-0.2, -0.15) is 9.99 Å². The molecule has 18 heavy (non-hydrogen) atoms. The Balaban J connectivity index is 2.55. The fraction of sp³-hybridized carbons (Fsp3) is 0.154. The van der Waals surface area contributed by atoms with E-state index in [1.54, 1.807) is 31.2 Å². The molecule has 0 bridgehead atoms. The minimum atomic E-state index is -0.248. The van der Waals surface area contributed by atoms with E-state index in [9.17, 15) is 10.0 Å². The van der Waals surface area contributed by atoms with Crippen molar-refractivity contribution in [1.29, 1.82) is 5.26 Å². The summed E-state index contributed by atoms with van der Waals surface area (Å²) >= 11 is 0. The van der Waals surface area contributed by atoms with Crippen LogP contribution in [0, 0.1) is 18.3 Å². The maximum Gasteiger partial charge on any atom is 0.181 e. The van der Waals surface area contributed by atoms with Gasteiger partial charge in [0.2, 0.25) is 0 Å². The summed E-state index contributed by atoms with van der Waals surface area (Å²) in [4.78, 5) is 15.5. The molecule has 0 aliphatic carbocycles. The van der Waals surface area contributed by atoms with E-state index in [4.69, 9.17) is 5.26 Å². The molecule has 0 fully saturated rings. The molecule has 0 atom stereocenters. The molecular formula is C13H11N3O2. The van der Waals surface area contributed by atoms with Gasteiger partial charge in [-0.25, -0.2) is 4.98 Å². The number of ketones is 1. The summed E-state index contributed by atoms with van der Waals surface area (Å²) < 4.78 is 0.791. The van der Waals surface area contributed by atoms with Crippen molar-refractivity contribution in [3.63, 3.8) is 0 Å². The minimum absolute atomic E-state index is 0.175. The molecule has 0 aliphatic rings. The number of nitriles is 1. The van der Waals surface area contributed by atoms with E-state index in [0.717, 1.165) is 4.73 Å². The number of carbonyl (C=O) groups is 1. The lowest BCUT2D eigenvalue weighted by molar-refractivity contribution is 0.0965. The van der Waals surface area contributed by atoms with Crippen LogP contribution >= 0.6 is 0 Å². The van der Waals surface area contributed by atoms with E-state index in [1.807, 2.05) is 6.07 Å². The average molecular weight is 241 g/mol. The minimum Gasteiger partial charge on any atom is -0.426 e. The molecule has 1 aromatic heterocycles. The number of hydrogen-bond acceptors (Lipinski definition) is 4. The Morgan fingerprint density at radius 2 is 2.00 bits per heavy atom. The number of Topliss-reactive ketones (excluding diaryl/α,β-unsaturated/α-hetero) is 1. The molecular weight excluding hydrogens is 230 g/mol. The molecule has 5 heteroatoms. The monoisotopic (exact) mass is 241 g/mol. The summed E-state index contributed by atoms with van der Waals surface area (Å²) in [5.74, 6) is 0.0459. The van der Waals surface area contributed by atoms with Gasteiger partial charge in [0.1, 0.15) is 5.69 Å². The van der Waals surface area contributed by atoms with Crippen LogP contribution in [0.5, 0.6) is 0 Å². The number of rotatable bonds is 2. The SMILES string of the molecule is CC(=O)c1c(C)nc(-c2ccc(C#N)cc2)n1O. The Morgan fingerprint density at radius 3 is 2.44 bits per heavy atom. The predicted molar refractivity (Wildman–Crippen MR) is 64.3 cm³/mol. The van der Waals surface area contributed by atoms with E-state index in [2.05, 4.69) is 4.98 Å². The molecule has 0 spiro atoms. The molecule has 0 amide bonds. The van der Waals surface area contributed by atoms with Crippen LogP contribution in [-0.2, 0) is 0 Å². The second-order valence-electron chi connectivity index (χ2n) is 3.93. The summed E-state index contributed by atoms with van der Waals surface area (Å²) in [5.41, 5.74) is 1.82. The van der Waals surface area contributed by atoms with Gasteiger partial charge in [-0.15, -0.1) is 0 Å². The summed E-state index contributed by atoms with van der Waals surface area (Å²) in [6.07, 6.45) is 0. The highest BCUT2D eigenvalue weighted by Gasteiger charge is 2.18. The Kier molecular flexibility index (Phi) is 2.86. The van der Waals surface area contributed by atoms with Crippen molar-refractivity contribution < 1.29 is 10.0 Å². The summed E-state index contributed by atoms with van der Waals surface area (Å²) in [6, 6.07) is 8.63. The Hall–Kier alpha value is -2.61. The van der Waals surface area contributed by atoms with Crippen LogP contribution in [0.25, 0.3) is 11.4 Å². The van der Waals surface area contributed by atoms with Crippen molar-refractivity contribution in [3.05, 3.63) is 41.2 Å². The van der Waals surface area contributed by atoms with E-state index in [1.165, 1.54) is 6.92 Å². The van der Waals surface area contributed by atoms with Crippen LogP contribution < -0.4 is 0 Å². The molecule has 0 radical (unpaired) electrons. The molecule has 1 heterocycles. The van der Waals surface area contributed by atoms with Crippen molar-refractivity contribution in [1.82, 2.24) is 9.71 Å². The van der Waals surface area contributed by atoms with Gasteiger partial charge < -0.3 is 5.21 Å². The summed E-state index contributed by atoms with van der Waals surface area (Å²) in [5, 5.41) is 18.6. The van der Waals surface area contributed by atoms with Gasteiger partial charge in [0.25, 0.3) is 0 Å². The Labute approximate surface area is 104 Å². The molecule has 0 aliphatic heterocycles. The first-order valence-electron chi connectivity index (χ1n) is 5.34. The van der Waals surface area contributed by atoms with Crippen molar-refractivity contribution >= 4 is 5.78 Å². The number of nitrogens with zero attached hydrogens (tertiary/aromatic N) is 3. The zero-order valence-corrected chi connectivity index (χ0v) is 10.0. The number of aryl methyl sites for hydroxylation is 1. The molecule has 0 saturated carbocycles. The lowest BCUT2D eigenvalue weighted by Gasteiger charge is -2.02. The molecule has 2 aromatic rings. The van der Waals surface area contributed by atoms with Crippen LogP contribution in [-0.4, -0.2) is 20.7 Å². The van der Waals surface area contributed by atoms with Gasteiger partial charge in [0, 0.05) is 12.5 Å². The molecule has 1 N–H and O–H groups in total. The van der Waals surface area contributed by atoms with Gasteiger partial charge in [0.15, 0.2) is 11.6 Å². The Morgan fingerprint density at radius 1 is 1.39 bits per heavy atom. The molecule has 0 unspecified atom stereocenters. The zero-order chi connectivity index (χ0) is 13.3. The predicted octanol–water partition coefficient (Wildman–Crippen LogP) is 2.17. The largest absolute Gasteiger partial charge is 0.426 e. The van der Waals surface area contributed by atoms with Crippen molar-refractivity contribution in [2.75, 3.05) is 0 Å². The standard InChI is InChI=1S/C13H11N3O2/c1-8-12(9(2)17)16(18)13(15-8)11-5-3-10(7-14)4-6-11/h3-6,18H,1-2H3. The second kappa shape index (κ2) is 4.34. The maximum absolute atomic E-state index is 11.4. The summed E-state index contributed by atoms with van der Waals surface area (Å²) in [6.45, 7) is 3.04. The number of benzene rings is 1. The van der Waals surface area contributed by atoms with Crippen LogP contribution in [0.15, 0.2) is 24.3 Å². The first-order chi connectivity index (χ1) is 8.54. The van der Waals surface area contributed by atoms with Crippen LogP contribution in [0.3, 0.4) is 0 Å². The van der Waals surface area contributed by atoms with E-state index < -0.39 is 0 Å². The van der Waals surface area contributed by atoms with Crippen LogP contribution in [0.2, 0.25) is 0 Å². The molecule has 90 valence electrons. The quantitative estimate of drug-likeness (QED) is 0.645. The normalized spacial score (nSPS) is 10.1. The lowest BCUT2D eigenvalue weighted by Crippen LogP contribution is -2.05. The average Bonchev–Trinajstić information content (AvgIpc) is 2.65. The molecule has 1 aromatic carbocycles. The second-order valence-corrected chi connectivity index (χ2v) is 3.93. The van der Waals surface area contributed by atoms with Gasteiger partial charge >= 0.3 is 0 Å². The molecule has 5 nitrogen and oxygen atoms in total. The van der Waals surface area contributed by atoms with Crippen LogP contribution in [0.4, 0.5) is 0 Å². The summed E-state index contributed by atoms with van der Waals surface area (Å²) in [7, 11) is 0. The zero-order valence-electron chi connectivity index (χ0n) is 10.0. The number of imidazole rings is 1. The molecule has 0 saturated heterocycles. The highest BCUT2D eigenvalue weighted by Crippen LogP contribution is 2.21. The highest BCUT2D eigenvalue weighted by atomic mass is 16.5. The van der Waals surface area contributed by atoms with Gasteiger partial charge in [-0.1, -0.05) is 0 Å². The van der Waals surface area contributed by atoms with Crippen molar-refractivity contribution in [2.45, 2.75) is 13.8 Å². The Bertz CT molecular complexity index is 648. The van der Waals surface area contributed by atoms with Crippen LogP contribution in [0.1, 0.15) is 28.7 Å². The number of aromatic nitrogens is 2. The third-order valence-electron chi connectivity index (χ3n) is 2.63. The van der Waals surface area contributed by atoms with Gasteiger partial charge in [-0.3, -0.25) is 4.79 Å². The molecule has 2 rings (SSSR count). The fourth-order valence-corrected chi connectivity index (χ4v) is 1.80. The smallest absolute Gasteiger partial charge is 0.181 e. The lowest BCUT2D eigenvalue weighted by atomic mass is 10.1. The number of hydrogen-bond donors (Lipinski definition) is 1. The van der Waals surface area contributed by atoms with Gasteiger partial charge in [-0.05, 0) is 31.2 Å². The first-order valence-corrected chi connectivity index (χ1v) is 5.34. The highest BCUT2D eigenvalue weighted by molar-refractivity contribution is 5.94. The van der Waals surface area contributed by atoms with E-state index >= 15 is 0 Å². The van der Waals surface area contributed by atoms with Gasteiger partial charge in [0.05, 0.1) is 17.3 Å². The fourth-order valence-electron chi connectivity index (χ4n) is 1.80. The van der Waals surface area contributed by atoms with E-state index in [0.29, 0.717) is 22.6 Å². The van der Waals surface area contributed by atoms with Crippen molar-refractivity contribution in [3.8, 4) is 17.5 Å². The maximum atomic E-state index is 11.4. The van der Waals surface area contributed by atoms with Crippen molar-refractivity contribution in [2.24, 2.45) is 0 Å². The third-order valence-corrected chi connectivity index (χ3v) is 2.63. The topological polar surface area (TPSA) is 78.9 Å². The first kappa shape index (κ1) is 11.9. The van der Waals surface area contributed by atoms with E-state index in [-0.39, 0.29) is 11.5 Å². The number of carbonyl (C=O) groups excluding carboxylic acids is 1. The third kappa shape index (κ3) is 1.84.